The molecular formula is C8H19NS. The lowest BCUT2D eigenvalue weighted by Crippen LogP contribution is -2.12. The van der Waals surface area contributed by atoms with Crippen molar-refractivity contribution < 1.29 is 0 Å². The first kappa shape index (κ1) is 10.3. The van der Waals surface area contributed by atoms with Gasteiger partial charge in [-0.1, -0.05) is 20.8 Å². The molecule has 0 aliphatic heterocycles. The van der Waals surface area contributed by atoms with Gasteiger partial charge in [-0.15, -0.1) is 0 Å². The van der Waals surface area contributed by atoms with Crippen molar-refractivity contribution in [3.63, 3.8) is 0 Å². The average molecular weight is 161 g/mol. The largest absolute Gasteiger partial charge is 0.320 e. The van der Waals surface area contributed by atoms with E-state index in [0.29, 0.717) is 4.75 Å². The van der Waals surface area contributed by atoms with Crippen LogP contribution in [0.5, 0.6) is 0 Å². The molecule has 0 atom stereocenters. The van der Waals surface area contributed by atoms with Crippen LogP contribution in [0.2, 0.25) is 0 Å². The molecule has 0 bridgehead atoms. The fourth-order valence-corrected chi connectivity index (χ4v) is 1.53. The highest BCUT2D eigenvalue weighted by Gasteiger charge is 2.08. The molecule has 62 valence electrons. The molecule has 0 aliphatic carbocycles. The van der Waals surface area contributed by atoms with Gasteiger partial charge >= 0.3 is 0 Å². The van der Waals surface area contributed by atoms with Gasteiger partial charge in [-0.2, -0.15) is 11.8 Å². The first-order valence-corrected chi connectivity index (χ1v) is 4.83. The van der Waals surface area contributed by atoms with E-state index in [-0.39, 0.29) is 0 Å². The maximum Gasteiger partial charge on any atom is 0.00751 e. The Bertz CT molecular complexity index is 75.8. The molecule has 0 spiro atoms. The Labute approximate surface area is 69.0 Å². The molecular weight excluding hydrogens is 142 g/mol. The highest BCUT2D eigenvalue weighted by atomic mass is 32.2. The maximum absolute atomic E-state index is 3.14. The van der Waals surface area contributed by atoms with Crippen LogP contribution in [0.15, 0.2) is 0 Å². The lowest BCUT2D eigenvalue weighted by atomic mass is 10.3. The maximum atomic E-state index is 3.14. The molecule has 0 aromatic rings. The zero-order valence-electron chi connectivity index (χ0n) is 7.53. The lowest BCUT2D eigenvalue weighted by molar-refractivity contribution is 0.764. The summed E-state index contributed by atoms with van der Waals surface area (Å²) < 4.78 is 0.438. The fourth-order valence-electron chi connectivity index (χ4n) is 0.627. The van der Waals surface area contributed by atoms with E-state index in [2.05, 4.69) is 26.1 Å². The van der Waals surface area contributed by atoms with Crippen molar-refractivity contribution in [2.24, 2.45) is 0 Å². The molecule has 0 heterocycles. The molecule has 0 rings (SSSR count). The van der Waals surface area contributed by atoms with Gasteiger partial charge in [0, 0.05) is 4.75 Å². The van der Waals surface area contributed by atoms with Gasteiger partial charge in [0.1, 0.15) is 0 Å². The second-order valence-electron chi connectivity index (χ2n) is 3.42. The van der Waals surface area contributed by atoms with E-state index >= 15 is 0 Å². The summed E-state index contributed by atoms with van der Waals surface area (Å²) in [4.78, 5) is 0. The van der Waals surface area contributed by atoms with Gasteiger partial charge < -0.3 is 5.32 Å². The van der Waals surface area contributed by atoms with Gasteiger partial charge in [0.15, 0.2) is 0 Å². The van der Waals surface area contributed by atoms with Crippen LogP contribution in [0, 0.1) is 0 Å². The van der Waals surface area contributed by atoms with Crippen molar-refractivity contribution in [2.75, 3.05) is 19.3 Å². The molecule has 0 unspecified atom stereocenters. The number of nitrogens with one attached hydrogen (secondary N) is 1. The standard InChI is InChI=1S/C8H19NS/c1-8(2,3)10-7-5-6-9-4/h9H,5-7H2,1-4H3. The minimum Gasteiger partial charge on any atom is -0.320 e. The molecule has 0 saturated carbocycles. The van der Waals surface area contributed by atoms with Crippen LogP contribution < -0.4 is 5.32 Å². The summed E-state index contributed by atoms with van der Waals surface area (Å²) >= 11 is 2.03. The molecule has 1 nitrogen and oxygen atoms in total. The number of hydrogen-bond donors (Lipinski definition) is 1. The van der Waals surface area contributed by atoms with Crippen molar-refractivity contribution in [3.8, 4) is 0 Å². The third kappa shape index (κ3) is 8.31. The van der Waals surface area contributed by atoms with E-state index in [1.54, 1.807) is 0 Å². The molecule has 0 saturated heterocycles. The van der Waals surface area contributed by atoms with Crippen LogP contribution in [-0.2, 0) is 0 Å². The quantitative estimate of drug-likeness (QED) is 0.634. The Balaban J connectivity index is 3.04. The summed E-state index contributed by atoms with van der Waals surface area (Å²) in [5.41, 5.74) is 0. The second kappa shape index (κ2) is 5.03. The number of thioether (sulfide) groups is 1. The molecule has 2 heteroatoms. The van der Waals surface area contributed by atoms with Crippen molar-refractivity contribution in [1.29, 1.82) is 0 Å². The topological polar surface area (TPSA) is 12.0 Å². The van der Waals surface area contributed by atoms with Crippen LogP contribution in [0.1, 0.15) is 27.2 Å². The van der Waals surface area contributed by atoms with Crippen molar-refractivity contribution >= 4 is 11.8 Å². The van der Waals surface area contributed by atoms with E-state index in [1.165, 1.54) is 12.2 Å². The molecule has 1 N–H and O–H groups in total. The predicted octanol–water partition coefficient (Wildman–Crippen LogP) is 2.13. The molecule has 0 amide bonds. The van der Waals surface area contributed by atoms with E-state index in [0.717, 1.165) is 6.54 Å². The first-order valence-electron chi connectivity index (χ1n) is 3.85. The van der Waals surface area contributed by atoms with Gasteiger partial charge in [0.25, 0.3) is 0 Å². The zero-order chi connectivity index (χ0) is 8.04. The predicted molar refractivity (Wildman–Crippen MR) is 50.8 cm³/mol. The first-order chi connectivity index (χ1) is 4.56. The Morgan fingerprint density at radius 1 is 1.30 bits per heavy atom. The molecule has 0 radical (unpaired) electrons. The van der Waals surface area contributed by atoms with Gasteiger partial charge in [-0.05, 0) is 25.8 Å². The van der Waals surface area contributed by atoms with Gasteiger partial charge in [0.05, 0.1) is 0 Å². The summed E-state index contributed by atoms with van der Waals surface area (Å²) in [6, 6.07) is 0. The third-order valence-corrected chi connectivity index (χ3v) is 2.47. The Kier molecular flexibility index (Phi) is 5.18. The molecule has 0 aromatic carbocycles. The highest BCUT2D eigenvalue weighted by Crippen LogP contribution is 2.23. The Morgan fingerprint density at radius 2 is 1.90 bits per heavy atom. The van der Waals surface area contributed by atoms with Gasteiger partial charge in [0.2, 0.25) is 0 Å². The molecule has 0 aliphatic rings. The SMILES string of the molecule is CNCCCSC(C)(C)C. The average Bonchev–Trinajstić information content (AvgIpc) is 1.78. The van der Waals surface area contributed by atoms with Gasteiger partial charge in [-0.3, -0.25) is 0 Å². The Morgan fingerprint density at radius 3 is 2.30 bits per heavy atom. The van der Waals surface area contributed by atoms with E-state index in [4.69, 9.17) is 0 Å². The monoisotopic (exact) mass is 161 g/mol. The fraction of sp³-hybridized carbons (Fsp3) is 1.00. The minimum absolute atomic E-state index is 0.438. The number of hydrogen-bond acceptors (Lipinski definition) is 2. The van der Waals surface area contributed by atoms with Crippen molar-refractivity contribution in [2.45, 2.75) is 31.9 Å². The Hall–Kier alpha value is 0.310. The second-order valence-corrected chi connectivity index (χ2v) is 5.34. The highest BCUT2D eigenvalue weighted by molar-refractivity contribution is 8.00. The van der Waals surface area contributed by atoms with Crippen molar-refractivity contribution in [1.82, 2.24) is 5.32 Å². The van der Waals surface area contributed by atoms with Crippen LogP contribution in [0.4, 0.5) is 0 Å². The van der Waals surface area contributed by atoms with E-state index in [9.17, 15) is 0 Å². The summed E-state index contributed by atoms with van der Waals surface area (Å²) in [6.45, 7) is 7.92. The van der Waals surface area contributed by atoms with Crippen LogP contribution >= 0.6 is 11.8 Å². The normalized spacial score (nSPS) is 12.0. The van der Waals surface area contributed by atoms with Crippen LogP contribution in [-0.4, -0.2) is 24.1 Å². The third-order valence-electron chi connectivity index (χ3n) is 1.11. The van der Waals surface area contributed by atoms with Gasteiger partial charge in [-0.25, -0.2) is 0 Å². The van der Waals surface area contributed by atoms with Crippen molar-refractivity contribution in [3.05, 3.63) is 0 Å². The summed E-state index contributed by atoms with van der Waals surface area (Å²) in [7, 11) is 2.00. The van der Waals surface area contributed by atoms with Crippen LogP contribution in [0.3, 0.4) is 0 Å². The molecule has 0 fully saturated rings. The zero-order valence-corrected chi connectivity index (χ0v) is 8.35. The number of rotatable bonds is 4. The van der Waals surface area contributed by atoms with Crippen LogP contribution in [0.25, 0.3) is 0 Å². The van der Waals surface area contributed by atoms with E-state index < -0.39 is 0 Å². The van der Waals surface area contributed by atoms with E-state index in [1.807, 2.05) is 18.8 Å². The molecule has 0 aromatic heterocycles. The molecule has 10 heavy (non-hydrogen) atoms. The summed E-state index contributed by atoms with van der Waals surface area (Å²) in [6.07, 6.45) is 1.28. The summed E-state index contributed by atoms with van der Waals surface area (Å²) in [5, 5.41) is 3.14. The smallest absolute Gasteiger partial charge is 0.00751 e. The lowest BCUT2D eigenvalue weighted by Gasteiger charge is -2.16. The summed E-state index contributed by atoms with van der Waals surface area (Å²) in [5.74, 6) is 1.27. The minimum atomic E-state index is 0.438.